The highest BCUT2D eigenvalue weighted by Crippen LogP contribution is 2.23. The molecule has 1 fully saturated rings. The third kappa shape index (κ3) is 3.22. The molecule has 1 aromatic carbocycles. The molecule has 114 valence electrons. The van der Waals surface area contributed by atoms with Crippen LogP contribution in [0.2, 0.25) is 0 Å². The molecule has 1 saturated heterocycles. The van der Waals surface area contributed by atoms with Crippen LogP contribution in [0.25, 0.3) is 0 Å². The molecular weight excluding hydrogens is 296 g/mol. The predicted octanol–water partition coefficient (Wildman–Crippen LogP) is 0.271. The molecule has 0 atom stereocenters. The van der Waals surface area contributed by atoms with E-state index >= 15 is 0 Å². The molecule has 3 N–H and O–H groups in total. The number of piperidine rings is 1. The normalized spacial score (nSPS) is 17.5. The number of nitrogens with two attached hydrogens (primary N) is 1. The predicted molar refractivity (Wildman–Crippen MR) is 74.1 cm³/mol. The van der Waals surface area contributed by atoms with Crippen LogP contribution in [0.5, 0.6) is 0 Å². The van der Waals surface area contributed by atoms with Crippen LogP contribution in [-0.4, -0.2) is 42.8 Å². The number of carbonyl (C=O) groups excluding carboxylic acids is 1. The van der Waals surface area contributed by atoms with E-state index in [0.717, 1.165) is 0 Å². The summed E-state index contributed by atoms with van der Waals surface area (Å²) >= 11 is 0. The highest BCUT2D eigenvalue weighted by atomic mass is 32.2. The van der Waals surface area contributed by atoms with Crippen molar-refractivity contribution >= 4 is 21.9 Å². The smallest absolute Gasteiger partial charge is 0.335 e. The van der Waals surface area contributed by atoms with Gasteiger partial charge in [0.25, 0.3) is 0 Å². The number of carbonyl (C=O) groups is 2. The summed E-state index contributed by atoms with van der Waals surface area (Å²) in [7, 11) is -3.67. The maximum absolute atomic E-state index is 12.4. The fraction of sp³-hybridized carbons (Fsp3) is 0.385. The zero-order valence-corrected chi connectivity index (χ0v) is 12.0. The first-order chi connectivity index (χ1) is 9.82. The van der Waals surface area contributed by atoms with E-state index in [1.807, 2.05) is 0 Å². The third-order valence-corrected chi connectivity index (χ3v) is 5.51. The van der Waals surface area contributed by atoms with Crippen LogP contribution < -0.4 is 5.73 Å². The van der Waals surface area contributed by atoms with E-state index in [0.29, 0.717) is 12.8 Å². The number of hydrogen-bond acceptors (Lipinski definition) is 4. The maximum Gasteiger partial charge on any atom is 0.335 e. The number of rotatable bonds is 4. The fourth-order valence-electron chi connectivity index (χ4n) is 2.30. The van der Waals surface area contributed by atoms with Gasteiger partial charge in [0.15, 0.2) is 0 Å². The SMILES string of the molecule is NC(=O)C1CCN(S(=O)(=O)c2ccc(C(=O)O)cc2)CC1. The van der Waals surface area contributed by atoms with Crippen LogP contribution in [0.15, 0.2) is 29.2 Å². The van der Waals surface area contributed by atoms with E-state index in [1.165, 1.54) is 28.6 Å². The summed E-state index contributed by atoms with van der Waals surface area (Å²) in [5, 5.41) is 8.80. The number of aromatic carboxylic acids is 1. The van der Waals surface area contributed by atoms with Gasteiger partial charge in [0, 0.05) is 19.0 Å². The van der Waals surface area contributed by atoms with Crippen LogP contribution in [0.3, 0.4) is 0 Å². The van der Waals surface area contributed by atoms with Crippen molar-refractivity contribution in [2.45, 2.75) is 17.7 Å². The van der Waals surface area contributed by atoms with Crippen molar-refractivity contribution in [3.63, 3.8) is 0 Å². The minimum Gasteiger partial charge on any atom is -0.478 e. The second-order valence-corrected chi connectivity index (χ2v) is 6.85. The number of carboxylic acid groups (broad SMARTS) is 1. The lowest BCUT2D eigenvalue weighted by molar-refractivity contribution is -0.122. The molecule has 0 saturated carbocycles. The molecule has 1 aliphatic rings. The molecule has 1 amide bonds. The van der Waals surface area contributed by atoms with Crippen LogP contribution in [0.4, 0.5) is 0 Å². The maximum atomic E-state index is 12.4. The Hall–Kier alpha value is -1.93. The van der Waals surface area contributed by atoms with Crippen molar-refractivity contribution in [2.75, 3.05) is 13.1 Å². The number of sulfonamides is 1. The molecule has 0 radical (unpaired) electrons. The minimum absolute atomic E-state index is 0.0291. The Balaban J connectivity index is 2.15. The summed E-state index contributed by atoms with van der Waals surface area (Å²) in [5.74, 6) is -1.80. The minimum atomic E-state index is -3.67. The molecule has 0 bridgehead atoms. The molecule has 0 spiro atoms. The lowest BCUT2D eigenvalue weighted by Gasteiger charge is -2.29. The first-order valence-electron chi connectivity index (χ1n) is 6.45. The van der Waals surface area contributed by atoms with Crippen molar-refractivity contribution in [2.24, 2.45) is 11.7 Å². The summed E-state index contributed by atoms with van der Waals surface area (Å²) in [6.45, 7) is 0.466. The van der Waals surface area contributed by atoms with Crippen molar-refractivity contribution in [1.82, 2.24) is 4.31 Å². The van der Waals surface area contributed by atoms with Crippen LogP contribution in [0.1, 0.15) is 23.2 Å². The number of primary amides is 1. The van der Waals surface area contributed by atoms with Crippen molar-refractivity contribution in [1.29, 1.82) is 0 Å². The van der Waals surface area contributed by atoms with E-state index in [4.69, 9.17) is 10.8 Å². The van der Waals surface area contributed by atoms with Crippen molar-refractivity contribution < 1.29 is 23.1 Å². The third-order valence-electron chi connectivity index (χ3n) is 3.60. The van der Waals surface area contributed by atoms with Gasteiger partial charge in [0.05, 0.1) is 10.5 Å². The lowest BCUT2D eigenvalue weighted by Crippen LogP contribution is -2.41. The van der Waals surface area contributed by atoms with Gasteiger partial charge in [-0.2, -0.15) is 4.31 Å². The summed E-state index contributed by atoms with van der Waals surface area (Å²) in [6.07, 6.45) is 0.809. The Labute approximate surface area is 122 Å². The summed E-state index contributed by atoms with van der Waals surface area (Å²) in [4.78, 5) is 21.9. The standard InChI is InChI=1S/C13H16N2O5S/c14-12(16)9-5-7-15(8-6-9)21(19,20)11-3-1-10(2-4-11)13(17)18/h1-4,9H,5-8H2,(H2,14,16)(H,17,18). The van der Waals surface area contributed by atoms with Gasteiger partial charge in [-0.1, -0.05) is 0 Å². The quantitative estimate of drug-likeness (QED) is 0.827. The Morgan fingerprint density at radius 2 is 1.67 bits per heavy atom. The van der Waals surface area contributed by atoms with E-state index < -0.39 is 21.9 Å². The van der Waals surface area contributed by atoms with Gasteiger partial charge in [0.1, 0.15) is 0 Å². The van der Waals surface area contributed by atoms with Gasteiger partial charge in [-0.15, -0.1) is 0 Å². The Kier molecular flexibility index (Phi) is 4.29. The topological polar surface area (TPSA) is 118 Å². The molecule has 21 heavy (non-hydrogen) atoms. The van der Waals surface area contributed by atoms with E-state index in [1.54, 1.807) is 0 Å². The van der Waals surface area contributed by atoms with Gasteiger partial charge < -0.3 is 10.8 Å². The van der Waals surface area contributed by atoms with Crippen LogP contribution >= 0.6 is 0 Å². The molecule has 1 heterocycles. The molecule has 7 nitrogen and oxygen atoms in total. The molecule has 0 aliphatic carbocycles. The Morgan fingerprint density at radius 1 is 1.14 bits per heavy atom. The molecular formula is C13H16N2O5S. The zero-order chi connectivity index (χ0) is 15.6. The monoisotopic (exact) mass is 312 g/mol. The van der Waals surface area contributed by atoms with Gasteiger partial charge in [-0.3, -0.25) is 4.79 Å². The average Bonchev–Trinajstić information content (AvgIpc) is 2.47. The Morgan fingerprint density at radius 3 is 2.10 bits per heavy atom. The molecule has 2 rings (SSSR count). The zero-order valence-electron chi connectivity index (χ0n) is 11.2. The highest BCUT2D eigenvalue weighted by Gasteiger charge is 2.31. The van der Waals surface area contributed by atoms with Crippen LogP contribution in [-0.2, 0) is 14.8 Å². The van der Waals surface area contributed by atoms with Gasteiger partial charge in [-0.05, 0) is 37.1 Å². The Bertz CT molecular complexity index is 646. The number of amides is 1. The highest BCUT2D eigenvalue weighted by molar-refractivity contribution is 7.89. The molecule has 1 aliphatic heterocycles. The molecule has 1 aromatic rings. The number of carboxylic acids is 1. The summed E-state index contributed by atoms with van der Waals surface area (Å²) in [6, 6.07) is 5.06. The number of hydrogen-bond donors (Lipinski definition) is 2. The van der Waals surface area contributed by atoms with Gasteiger partial charge >= 0.3 is 5.97 Å². The number of nitrogens with zero attached hydrogens (tertiary/aromatic N) is 1. The summed E-state index contributed by atoms with van der Waals surface area (Å²) < 4.78 is 26.1. The second-order valence-electron chi connectivity index (χ2n) is 4.91. The van der Waals surface area contributed by atoms with Gasteiger partial charge in [-0.25, -0.2) is 13.2 Å². The largest absolute Gasteiger partial charge is 0.478 e. The average molecular weight is 312 g/mol. The van der Waals surface area contributed by atoms with E-state index in [-0.39, 0.29) is 29.5 Å². The number of benzene rings is 1. The van der Waals surface area contributed by atoms with Crippen molar-refractivity contribution in [3.8, 4) is 0 Å². The molecule has 0 unspecified atom stereocenters. The van der Waals surface area contributed by atoms with Crippen LogP contribution in [0, 0.1) is 5.92 Å². The first kappa shape index (κ1) is 15.5. The molecule has 0 aromatic heterocycles. The lowest BCUT2D eigenvalue weighted by atomic mass is 9.98. The molecule has 8 heteroatoms. The van der Waals surface area contributed by atoms with Crippen molar-refractivity contribution in [3.05, 3.63) is 29.8 Å². The first-order valence-corrected chi connectivity index (χ1v) is 7.89. The van der Waals surface area contributed by atoms with E-state index in [2.05, 4.69) is 0 Å². The second kappa shape index (κ2) is 5.82. The van der Waals surface area contributed by atoms with E-state index in [9.17, 15) is 18.0 Å². The van der Waals surface area contributed by atoms with Gasteiger partial charge in [0.2, 0.25) is 15.9 Å². The fourth-order valence-corrected chi connectivity index (χ4v) is 3.77. The summed E-state index contributed by atoms with van der Waals surface area (Å²) in [5.41, 5.74) is 5.24.